The summed E-state index contributed by atoms with van der Waals surface area (Å²) in [5.74, 6) is 0.571. The third-order valence-electron chi connectivity index (χ3n) is 3.45. The van der Waals surface area contributed by atoms with Gasteiger partial charge in [-0.3, -0.25) is 9.59 Å². The SMILES string of the molecule is Cc1ccc(NC(=O)c2cc3c(o2)CCCC3=O)cc1. The van der Waals surface area contributed by atoms with Crippen molar-refractivity contribution in [1.29, 1.82) is 0 Å². The first-order chi connectivity index (χ1) is 9.63. The lowest BCUT2D eigenvalue weighted by Gasteiger charge is -2.06. The van der Waals surface area contributed by atoms with Gasteiger partial charge in [0.25, 0.3) is 5.91 Å². The number of benzene rings is 1. The summed E-state index contributed by atoms with van der Waals surface area (Å²) in [5, 5.41) is 2.77. The van der Waals surface area contributed by atoms with Crippen molar-refractivity contribution < 1.29 is 14.0 Å². The number of furan rings is 1. The number of rotatable bonds is 2. The largest absolute Gasteiger partial charge is 0.455 e. The Balaban J connectivity index is 1.81. The molecule has 1 aliphatic carbocycles. The van der Waals surface area contributed by atoms with E-state index in [1.165, 1.54) is 0 Å². The van der Waals surface area contributed by atoms with Crippen molar-refractivity contribution in [2.24, 2.45) is 0 Å². The standard InChI is InChI=1S/C16H15NO3/c1-10-5-7-11(8-6-10)17-16(19)15-9-12-13(18)3-2-4-14(12)20-15/h5-9H,2-4H2,1H3,(H,17,19). The number of nitrogens with one attached hydrogen (secondary N) is 1. The van der Waals surface area contributed by atoms with Crippen molar-refractivity contribution in [2.75, 3.05) is 5.32 Å². The predicted molar refractivity (Wildman–Crippen MR) is 75.1 cm³/mol. The Kier molecular flexibility index (Phi) is 3.14. The molecule has 2 aromatic rings. The maximum atomic E-state index is 12.1. The number of ketones is 1. The molecule has 0 fully saturated rings. The van der Waals surface area contributed by atoms with Gasteiger partial charge in [-0.25, -0.2) is 0 Å². The summed E-state index contributed by atoms with van der Waals surface area (Å²) >= 11 is 0. The van der Waals surface area contributed by atoms with Crippen molar-refractivity contribution in [3.63, 3.8) is 0 Å². The number of carbonyl (C=O) groups is 2. The number of anilines is 1. The summed E-state index contributed by atoms with van der Waals surface area (Å²) in [7, 11) is 0. The summed E-state index contributed by atoms with van der Waals surface area (Å²) in [5.41, 5.74) is 2.40. The highest BCUT2D eigenvalue weighted by molar-refractivity contribution is 6.05. The van der Waals surface area contributed by atoms with E-state index < -0.39 is 0 Å². The first-order valence-electron chi connectivity index (χ1n) is 6.67. The minimum absolute atomic E-state index is 0.0596. The molecule has 0 bridgehead atoms. The van der Waals surface area contributed by atoms with Crippen molar-refractivity contribution in [2.45, 2.75) is 26.2 Å². The van der Waals surface area contributed by atoms with Gasteiger partial charge in [0, 0.05) is 24.6 Å². The lowest BCUT2D eigenvalue weighted by molar-refractivity contribution is 0.0963. The van der Waals surface area contributed by atoms with E-state index in [1.807, 2.05) is 31.2 Å². The number of carbonyl (C=O) groups excluding carboxylic acids is 2. The molecule has 1 heterocycles. The summed E-state index contributed by atoms with van der Waals surface area (Å²) < 4.78 is 5.50. The molecule has 0 atom stereocenters. The molecule has 3 rings (SSSR count). The van der Waals surface area contributed by atoms with Crippen LogP contribution in [0.1, 0.15) is 45.1 Å². The van der Waals surface area contributed by atoms with E-state index >= 15 is 0 Å². The van der Waals surface area contributed by atoms with E-state index in [-0.39, 0.29) is 17.5 Å². The van der Waals surface area contributed by atoms with Gasteiger partial charge < -0.3 is 9.73 Å². The predicted octanol–water partition coefficient (Wildman–Crippen LogP) is 3.36. The second kappa shape index (κ2) is 4.96. The highest BCUT2D eigenvalue weighted by atomic mass is 16.4. The Hall–Kier alpha value is -2.36. The molecule has 1 N–H and O–H groups in total. The van der Waals surface area contributed by atoms with Crippen LogP contribution in [0.5, 0.6) is 0 Å². The van der Waals surface area contributed by atoms with Crippen LogP contribution in [0.15, 0.2) is 34.7 Å². The van der Waals surface area contributed by atoms with Crippen molar-refractivity contribution >= 4 is 17.4 Å². The molecule has 4 heteroatoms. The molecule has 0 saturated heterocycles. The van der Waals surface area contributed by atoms with Crippen LogP contribution in [0.3, 0.4) is 0 Å². The maximum absolute atomic E-state index is 12.1. The summed E-state index contributed by atoms with van der Waals surface area (Å²) in [6.07, 6.45) is 2.04. The van der Waals surface area contributed by atoms with Crippen LogP contribution in [-0.2, 0) is 6.42 Å². The highest BCUT2D eigenvalue weighted by Crippen LogP contribution is 2.25. The zero-order valence-corrected chi connectivity index (χ0v) is 11.2. The summed E-state index contributed by atoms with van der Waals surface area (Å²) in [6, 6.07) is 9.07. The molecule has 0 spiro atoms. The van der Waals surface area contributed by atoms with Crippen LogP contribution >= 0.6 is 0 Å². The van der Waals surface area contributed by atoms with Gasteiger partial charge in [0.15, 0.2) is 11.5 Å². The first kappa shape index (κ1) is 12.7. The fourth-order valence-corrected chi connectivity index (χ4v) is 2.34. The Labute approximate surface area is 116 Å². The van der Waals surface area contributed by atoms with E-state index in [4.69, 9.17) is 4.42 Å². The number of aryl methyl sites for hydroxylation is 2. The molecule has 4 nitrogen and oxygen atoms in total. The van der Waals surface area contributed by atoms with Gasteiger partial charge in [0.05, 0.1) is 5.56 Å². The quantitative estimate of drug-likeness (QED) is 0.909. The van der Waals surface area contributed by atoms with Gasteiger partial charge >= 0.3 is 0 Å². The molecular weight excluding hydrogens is 254 g/mol. The average Bonchev–Trinajstić information content (AvgIpc) is 2.87. The normalized spacial score (nSPS) is 13.9. The molecule has 0 unspecified atom stereocenters. The van der Waals surface area contributed by atoms with Crippen LogP contribution in [0.4, 0.5) is 5.69 Å². The lowest BCUT2D eigenvalue weighted by atomic mass is 9.97. The van der Waals surface area contributed by atoms with Gasteiger partial charge in [-0.15, -0.1) is 0 Å². The third-order valence-corrected chi connectivity index (χ3v) is 3.45. The molecule has 1 aromatic carbocycles. The molecule has 1 aromatic heterocycles. The number of fused-ring (bicyclic) bond motifs is 1. The number of hydrogen-bond acceptors (Lipinski definition) is 3. The van der Waals surface area contributed by atoms with Gasteiger partial charge in [-0.2, -0.15) is 0 Å². The van der Waals surface area contributed by atoms with Crippen molar-refractivity contribution in [3.8, 4) is 0 Å². The molecular formula is C16H15NO3. The number of Topliss-reactive ketones (excluding diaryl/α,β-unsaturated/α-hetero) is 1. The third kappa shape index (κ3) is 2.37. The van der Waals surface area contributed by atoms with E-state index in [2.05, 4.69) is 5.32 Å². The topological polar surface area (TPSA) is 59.3 Å². The molecule has 1 aliphatic rings. The average molecular weight is 269 g/mol. The van der Waals surface area contributed by atoms with Crippen LogP contribution in [0.2, 0.25) is 0 Å². The number of amides is 1. The van der Waals surface area contributed by atoms with Crippen molar-refractivity contribution in [3.05, 3.63) is 53.0 Å². The van der Waals surface area contributed by atoms with E-state index in [9.17, 15) is 9.59 Å². The second-order valence-electron chi connectivity index (χ2n) is 5.04. The van der Waals surface area contributed by atoms with E-state index in [0.29, 0.717) is 23.4 Å². The van der Waals surface area contributed by atoms with E-state index in [0.717, 1.165) is 18.4 Å². The Bertz CT molecular complexity index is 668. The fourth-order valence-electron chi connectivity index (χ4n) is 2.34. The molecule has 0 aliphatic heterocycles. The van der Waals surface area contributed by atoms with Gasteiger partial charge in [-0.1, -0.05) is 17.7 Å². The molecule has 20 heavy (non-hydrogen) atoms. The van der Waals surface area contributed by atoms with Gasteiger partial charge in [0.1, 0.15) is 5.76 Å². The highest BCUT2D eigenvalue weighted by Gasteiger charge is 2.24. The van der Waals surface area contributed by atoms with Crippen LogP contribution < -0.4 is 5.32 Å². The van der Waals surface area contributed by atoms with Crippen LogP contribution in [0, 0.1) is 6.92 Å². The van der Waals surface area contributed by atoms with Gasteiger partial charge in [-0.05, 0) is 25.5 Å². The Morgan fingerprint density at radius 3 is 2.65 bits per heavy atom. The van der Waals surface area contributed by atoms with Crippen LogP contribution in [0.25, 0.3) is 0 Å². The first-order valence-corrected chi connectivity index (χ1v) is 6.67. The number of hydrogen-bond donors (Lipinski definition) is 1. The zero-order chi connectivity index (χ0) is 14.1. The monoisotopic (exact) mass is 269 g/mol. The Morgan fingerprint density at radius 2 is 1.95 bits per heavy atom. The minimum Gasteiger partial charge on any atom is -0.455 e. The zero-order valence-electron chi connectivity index (χ0n) is 11.2. The van der Waals surface area contributed by atoms with Crippen LogP contribution in [-0.4, -0.2) is 11.7 Å². The van der Waals surface area contributed by atoms with Crippen molar-refractivity contribution in [1.82, 2.24) is 0 Å². The molecule has 102 valence electrons. The summed E-state index contributed by atoms with van der Waals surface area (Å²) in [6.45, 7) is 1.98. The van der Waals surface area contributed by atoms with E-state index in [1.54, 1.807) is 6.07 Å². The van der Waals surface area contributed by atoms with Gasteiger partial charge in [0.2, 0.25) is 0 Å². The molecule has 0 radical (unpaired) electrons. The molecule has 1 amide bonds. The summed E-state index contributed by atoms with van der Waals surface area (Å²) in [4.78, 5) is 23.8. The smallest absolute Gasteiger partial charge is 0.291 e. The maximum Gasteiger partial charge on any atom is 0.291 e. The second-order valence-corrected chi connectivity index (χ2v) is 5.04. The minimum atomic E-state index is -0.323. The Morgan fingerprint density at radius 1 is 1.20 bits per heavy atom. The molecule has 0 saturated carbocycles. The fraction of sp³-hybridized carbons (Fsp3) is 0.250. The lowest BCUT2D eigenvalue weighted by Crippen LogP contribution is -2.10.